The smallest absolute Gasteiger partial charge is 0.0740 e. The maximum atomic E-state index is 5.76. The summed E-state index contributed by atoms with van der Waals surface area (Å²) in [6.07, 6.45) is 2.67. The molecule has 0 aromatic heterocycles. The normalized spacial score (nSPS) is 28.7. The summed E-state index contributed by atoms with van der Waals surface area (Å²) in [5.41, 5.74) is 2.89. The van der Waals surface area contributed by atoms with E-state index in [1.54, 1.807) is 0 Å². The quantitative estimate of drug-likeness (QED) is 0.894. The van der Waals surface area contributed by atoms with Gasteiger partial charge in [-0.2, -0.15) is 0 Å². The Kier molecular flexibility index (Phi) is 4.16. The van der Waals surface area contributed by atoms with E-state index >= 15 is 0 Å². The molecule has 0 spiro atoms. The van der Waals surface area contributed by atoms with Crippen molar-refractivity contribution in [2.45, 2.75) is 24.9 Å². The molecule has 3 nitrogen and oxygen atoms in total. The number of hydrogen-bond acceptors (Lipinski definition) is 3. The Labute approximate surface area is 115 Å². The summed E-state index contributed by atoms with van der Waals surface area (Å²) in [5, 5.41) is 3.39. The molecule has 2 saturated heterocycles. The molecule has 0 saturated carbocycles. The van der Waals surface area contributed by atoms with E-state index in [-0.39, 0.29) is 0 Å². The molecule has 1 aromatic carbocycles. The van der Waals surface area contributed by atoms with Gasteiger partial charge in [0.2, 0.25) is 0 Å². The molecule has 2 atom stereocenters. The Morgan fingerprint density at radius 3 is 2.79 bits per heavy atom. The van der Waals surface area contributed by atoms with Crippen LogP contribution in [0.4, 0.5) is 0 Å². The summed E-state index contributed by atoms with van der Waals surface area (Å²) in [5.74, 6) is 0.728. The molecule has 1 aromatic rings. The van der Waals surface area contributed by atoms with Crippen LogP contribution in [0.3, 0.4) is 0 Å². The zero-order valence-corrected chi connectivity index (χ0v) is 11.8. The van der Waals surface area contributed by atoms with Crippen LogP contribution in [0.2, 0.25) is 0 Å². The molecule has 2 fully saturated rings. The van der Waals surface area contributed by atoms with Gasteiger partial charge in [-0.15, -0.1) is 0 Å². The molecule has 2 aliphatic rings. The molecular weight excluding hydrogens is 236 g/mol. The topological polar surface area (TPSA) is 24.5 Å². The van der Waals surface area contributed by atoms with E-state index in [1.807, 2.05) is 0 Å². The summed E-state index contributed by atoms with van der Waals surface area (Å²) in [4.78, 5) is 2.42. The van der Waals surface area contributed by atoms with Crippen molar-refractivity contribution in [2.24, 2.45) is 0 Å². The predicted octanol–water partition coefficient (Wildman–Crippen LogP) is 1.64. The maximum Gasteiger partial charge on any atom is 0.0740 e. The van der Waals surface area contributed by atoms with E-state index in [0.29, 0.717) is 6.10 Å². The largest absolute Gasteiger partial charge is 0.375 e. The Hall–Kier alpha value is -0.900. The average Bonchev–Trinajstić information content (AvgIpc) is 2.87. The van der Waals surface area contributed by atoms with Gasteiger partial charge in [-0.3, -0.25) is 0 Å². The van der Waals surface area contributed by atoms with Crippen LogP contribution in [0.1, 0.15) is 23.5 Å². The first kappa shape index (κ1) is 13.1. The van der Waals surface area contributed by atoms with E-state index < -0.39 is 0 Å². The molecule has 0 radical (unpaired) electrons. The molecule has 0 amide bonds. The number of likely N-dealkylation sites (N-methyl/N-ethyl adjacent to an activating group) is 1. The van der Waals surface area contributed by atoms with Crippen molar-refractivity contribution in [3.63, 3.8) is 0 Å². The highest BCUT2D eigenvalue weighted by molar-refractivity contribution is 5.27. The fraction of sp³-hybridized carbons (Fsp3) is 0.625. The second kappa shape index (κ2) is 6.04. The van der Waals surface area contributed by atoms with Crippen molar-refractivity contribution in [1.82, 2.24) is 10.2 Å². The molecule has 3 rings (SSSR count). The third kappa shape index (κ3) is 3.35. The van der Waals surface area contributed by atoms with Crippen molar-refractivity contribution in [2.75, 3.05) is 39.8 Å². The van der Waals surface area contributed by atoms with E-state index in [9.17, 15) is 0 Å². The highest BCUT2D eigenvalue weighted by Gasteiger charge is 2.21. The lowest BCUT2D eigenvalue weighted by molar-refractivity contribution is 0.0292. The number of hydrogen-bond donors (Lipinski definition) is 1. The van der Waals surface area contributed by atoms with Gasteiger partial charge in [-0.25, -0.2) is 0 Å². The molecule has 104 valence electrons. The van der Waals surface area contributed by atoms with Crippen molar-refractivity contribution in [3.05, 3.63) is 35.4 Å². The average molecular weight is 260 g/mol. The molecule has 2 aliphatic heterocycles. The Morgan fingerprint density at radius 2 is 2.16 bits per heavy atom. The van der Waals surface area contributed by atoms with Gasteiger partial charge in [-0.1, -0.05) is 24.3 Å². The van der Waals surface area contributed by atoms with Gasteiger partial charge in [0.15, 0.2) is 0 Å². The van der Waals surface area contributed by atoms with Gasteiger partial charge in [0.25, 0.3) is 0 Å². The van der Waals surface area contributed by atoms with Crippen LogP contribution >= 0.6 is 0 Å². The zero-order chi connectivity index (χ0) is 13.1. The standard InChI is InChI=1S/C16H24N2O/c1-18-8-6-15(12-18)14-4-2-13(3-5-14)10-16-11-17-7-9-19-16/h2-5,15-17H,6-12H2,1H3. The summed E-state index contributed by atoms with van der Waals surface area (Å²) in [7, 11) is 2.21. The summed E-state index contributed by atoms with van der Waals surface area (Å²) in [6.45, 7) is 5.25. The number of benzene rings is 1. The number of rotatable bonds is 3. The molecular formula is C16H24N2O. The first-order valence-electron chi connectivity index (χ1n) is 7.41. The lowest BCUT2D eigenvalue weighted by Gasteiger charge is -2.23. The second-order valence-corrected chi connectivity index (χ2v) is 5.89. The van der Waals surface area contributed by atoms with Gasteiger partial charge < -0.3 is 15.0 Å². The van der Waals surface area contributed by atoms with Crippen molar-refractivity contribution in [3.8, 4) is 0 Å². The molecule has 0 aliphatic carbocycles. The first-order valence-corrected chi connectivity index (χ1v) is 7.41. The predicted molar refractivity (Wildman–Crippen MR) is 77.6 cm³/mol. The van der Waals surface area contributed by atoms with Gasteiger partial charge >= 0.3 is 0 Å². The fourth-order valence-electron chi connectivity index (χ4n) is 3.15. The van der Waals surface area contributed by atoms with Gasteiger partial charge in [0.05, 0.1) is 12.7 Å². The monoisotopic (exact) mass is 260 g/mol. The number of nitrogens with one attached hydrogen (secondary N) is 1. The van der Waals surface area contributed by atoms with Gasteiger partial charge in [0.1, 0.15) is 0 Å². The summed E-state index contributed by atoms with van der Waals surface area (Å²) < 4.78 is 5.76. The van der Waals surface area contributed by atoms with E-state index in [2.05, 4.69) is 41.5 Å². The van der Waals surface area contributed by atoms with Crippen molar-refractivity contribution < 1.29 is 4.74 Å². The van der Waals surface area contributed by atoms with Gasteiger partial charge in [-0.05, 0) is 43.5 Å². The number of ether oxygens (including phenoxy) is 1. The van der Waals surface area contributed by atoms with Crippen molar-refractivity contribution >= 4 is 0 Å². The van der Waals surface area contributed by atoms with Crippen LogP contribution in [0.25, 0.3) is 0 Å². The highest BCUT2D eigenvalue weighted by Crippen LogP contribution is 2.26. The molecule has 19 heavy (non-hydrogen) atoms. The minimum absolute atomic E-state index is 0.345. The van der Waals surface area contributed by atoms with Crippen LogP contribution in [-0.2, 0) is 11.2 Å². The van der Waals surface area contributed by atoms with Crippen LogP contribution in [-0.4, -0.2) is 50.8 Å². The van der Waals surface area contributed by atoms with Crippen LogP contribution in [0.15, 0.2) is 24.3 Å². The number of morpholine rings is 1. The lowest BCUT2D eigenvalue weighted by Crippen LogP contribution is -2.39. The number of nitrogens with zero attached hydrogens (tertiary/aromatic N) is 1. The van der Waals surface area contributed by atoms with Gasteiger partial charge in [0, 0.05) is 19.6 Å². The van der Waals surface area contributed by atoms with Crippen molar-refractivity contribution in [1.29, 1.82) is 0 Å². The third-order valence-corrected chi connectivity index (χ3v) is 4.31. The summed E-state index contributed by atoms with van der Waals surface area (Å²) in [6, 6.07) is 9.20. The minimum atomic E-state index is 0.345. The van der Waals surface area contributed by atoms with E-state index in [0.717, 1.165) is 32.0 Å². The number of likely N-dealkylation sites (tertiary alicyclic amines) is 1. The first-order chi connectivity index (χ1) is 9.31. The Morgan fingerprint density at radius 1 is 1.32 bits per heavy atom. The van der Waals surface area contributed by atoms with Crippen LogP contribution in [0, 0.1) is 0 Å². The SMILES string of the molecule is CN1CCC(c2ccc(CC3CNCCO3)cc2)C1. The second-order valence-electron chi connectivity index (χ2n) is 5.89. The van der Waals surface area contributed by atoms with Crippen LogP contribution < -0.4 is 5.32 Å². The fourth-order valence-corrected chi connectivity index (χ4v) is 3.15. The molecule has 2 heterocycles. The minimum Gasteiger partial charge on any atom is -0.375 e. The molecule has 0 bridgehead atoms. The summed E-state index contributed by atoms with van der Waals surface area (Å²) >= 11 is 0. The van der Waals surface area contributed by atoms with Crippen LogP contribution in [0.5, 0.6) is 0 Å². The molecule has 2 unspecified atom stereocenters. The highest BCUT2D eigenvalue weighted by atomic mass is 16.5. The maximum absolute atomic E-state index is 5.76. The lowest BCUT2D eigenvalue weighted by atomic mass is 9.96. The third-order valence-electron chi connectivity index (χ3n) is 4.31. The Balaban J connectivity index is 1.59. The zero-order valence-electron chi connectivity index (χ0n) is 11.8. The van der Waals surface area contributed by atoms with E-state index in [4.69, 9.17) is 4.74 Å². The molecule has 1 N–H and O–H groups in total. The Bertz CT molecular complexity index is 398. The molecule has 3 heteroatoms. The van der Waals surface area contributed by atoms with E-state index in [1.165, 1.54) is 30.6 Å².